The van der Waals surface area contributed by atoms with Crippen LogP contribution in [-0.4, -0.2) is 20.4 Å². The summed E-state index contributed by atoms with van der Waals surface area (Å²) in [7, 11) is 0. The van der Waals surface area contributed by atoms with Gasteiger partial charge in [0.1, 0.15) is 5.56 Å². The fourth-order valence-electron chi connectivity index (χ4n) is 3.96. The number of aromatic hydroxyl groups is 1. The normalized spacial score (nSPS) is 15.3. The van der Waals surface area contributed by atoms with Crippen LogP contribution in [0.4, 0.5) is 5.69 Å². The van der Waals surface area contributed by atoms with Crippen LogP contribution in [0.1, 0.15) is 28.4 Å². The fraction of sp³-hybridized carbons (Fsp3) is 0.115. The standard InChI is InChI=1S/C26H20ClN3O3S/c27-18-12-10-17(11-13-18)22-14-20(28-19-8-4-5-9-21(19)34-22)23-24(31)29-26(33)30(25(23)32)15-16-6-2-1-3-7-16/h1-13,22,32H,14-15H2,(H,29,31,33). The Morgan fingerprint density at radius 2 is 1.71 bits per heavy atom. The SMILES string of the molecule is O=c1[nH]c(=O)n(Cc2ccccc2)c(O)c1C1=Nc2ccccc2SC(c2ccc(Cl)cc2)C1. The molecule has 1 atom stereocenters. The molecular weight excluding hydrogens is 470 g/mol. The highest BCUT2D eigenvalue weighted by atomic mass is 35.5. The molecule has 3 aromatic carbocycles. The van der Waals surface area contributed by atoms with Gasteiger partial charge in [0.25, 0.3) is 5.56 Å². The number of aliphatic imine (C=N–C) groups is 1. The molecule has 6 nitrogen and oxygen atoms in total. The van der Waals surface area contributed by atoms with Crippen molar-refractivity contribution in [3.8, 4) is 5.88 Å². The number of halogens is 1. The minimum Gasteiger partial charge on any atom is -0.494 e. The van der Waals surface area contributed by atoms with Gasteiger partial charge in [-0.2, -0.15) is 0 Å². The molecule has 0 amide bonds. The van der Waals surface area contributed by atoms with Gasteiger partial charge in [0.2, 0.25) is 5.88 Å². The lowest BCUT2D eigenvalue weighted by molar-refractivity contribution is 0.408. The lowest BCUT2D eigenvalue weighted by Crippen LogP contribution is -2.34. The van der Waals surface area contributed by atoms with Crippen LogP contribution in [-0.2, 0) is 6.54 Å². The number of hydrogen-bond donors (Lipinski definition) is 2. The molecular formula is C26H20ClN3O3S. The van der Waals surface area contributed by atoms with Crippen molar-refractivity contribution in [1.29, 1.82) is 0 Å². The zero-order chi connectivity index (χ0) is 23.7. The molecule has 4 aromatic rings. The third-order valence-electron chi connectivity index (χ3n) is 5.65. The molecule has 0 radical (unpaired) electrons. The number of rotatable bonds is 4. The van der Waals surface area contributed by atoms with Gasteiger partial charge in [-0.05, 0) is 35.4 Å². The monoisotopic (exact) mass is 489 g/mol. The molecule has 0 aliphatic carbocycles. The number of benzene rings is 3. The molecule has 2 heterocycles. The van der Waals surface area contributed by atoms with E-state index in [9.17, 15) is 14.7 Å². The van der Waals surface area contributed by atoms with E-state index >= 15 is 0 Å². The molecule has 0 bridgehead atoms. The van der Waals surface area contributed by atoms with Crippen LogP contribution in [0.2, 0.25) is 5.02 Å². The molecule has 34 heavy (non-hydrogen) atoms. The van der Waals surface area contributed by atoms with Gasteiger partial charge < -0.3 is 5.11 Å². The van der Waals surface area contributed by atoms with Crippen molar-refractivity contribution in [3.05, 3.63) is 121 Å². The maximum Gasteiger partial charge on any atom is 0.331 e. The van der Waals surface area contributed by atoms with Crippen molar-refractivity contribution >= 4 is 34.8 Å². The summed E-state index contributed by atoms with van der Waals surface area (Å²) in [6.07, 6.45) is 0.376. The molecule has 8 heteroatoms. The van der Waals surface area contributed by atoms with E-state index in [0.29, 0.717) is 22.8 Å². The van der Waals surface area contributed by atoms with E-state index in [0.717, 1.165) is 20.6 Å². The zero-order valence-corrected chi connectivity index (χ0v) is 19.5. The molecule has 5 rings (SSSR count). The molecule has 1 aromatic heterocycles. The number of aromatic amines is 1. The molecule has 1 aliphatic rings. The highest BCUT2D eigenvalue weighted by molar-refractivity contribution is 7.99. The van der Waals surface area contributed by atoms with E-state index < -0.39 is 17.1 Å². The Labute approximate surface area is 204 Å². The van der Waals surface area contributed by atoms with Crippen LogP contribution in [0.25, 0.3) is 0 Å². The van der Waals surface area contributed by atoms with Gasteiger partial charge in [-0.1, -0.05) is 66.2 Å². The van der Waals surface area contributed by atoms with E-state index in [1.54, 1.807) is 11.8 Å². The summed E-state index contributed by atoms with van der Waals surface area (Å²) >= 11 is 7.72. The summed E-state index contributed by atoms with van der Waals surface area (Å²) in [6, 6.07) is 24.5. The summed E-state index contributed by atoms with van der Waals surface area (Å²) in [5.41, 5.74) is 1.63. The van der Waals surface area contributed by atoms with Crippen molar-refractivity contribution in [3.63, 3.8) is 0 Å². The largest absolute Gasteiger partial charge is 0.494 e. The Kier molecular flexibility index (Phi) is 6.13. The van der Waals surface area contributed by atoms with Gasteiger partial charge in [-0.15, -0.1) is 11.8 Å². The summed E-state index contributed by atoms with van der Waals surface area (Å²) in [5, 5.41) is 11.7. The lowest BCUT2D eigenvalue weighted by atomic mass is 10.0. The van der Waals surface area contributed by atoms with Crippen molar-refractivity contribution in [2.24, 2.45) is 4.99 Å². The molecule has 0 spiro atoms. The van der Waals surface area contributed by atoms with Crippen LogP contribution >= 0.6 is 23.4 Å². The van der Waals surface area contributed by atoms with Crippen molar-refractivity contribution in [2.75, 3.05) is 0 Å². The predicted molar refractivity (Wildman–Crippen MR) is 136 cm³/mol. The molecule has 2 N–H and O–H groups in total. The minimum absolute atomic E-state index is 0.00629. The Bertz CT molecular complexity index is 1490. The second kappa shape index (κ2) is 9.37. The summed E-state index contributed by atoms with van der Waals surface area (Å²) in [6.45, 7) is 0.120. The highest BCUT2D eigenvalue weighted by Gasteiger charge is 2.27. The molecule has 0 saturated heterocycles. The Balaban J connectivity index is 1.64. The van der Waals surface area contributed by atoms with E-state index in [1.807, 2.05) is 78.9 Å². The van der Waals surface area contributed by atoms with E-state index in [-0.39, 0.29) is 17.4 Å². The average molecular weight is 490 g/mol. The number of aromatic nitrogens is 2. The van der Waals surface area contributed by atoms with E-state index in [4.69, 9.17) is 16.6 Å². The van der Waals surface area contributed by atoms with Crippen LogP contribution in [0.15, 0.2) is 98.3 Å². The molecule has 170 valence electrons. The van der Waals surface area contributed by atoms with Crippen LogP contribution < -0.4 is 11.2 Å². The third-order valence-corrected chi connectivity index (χ3v) is 7.23. The zero-order valence-electron chi connectivity index (χ0n) is 17.9. The number of H-pyrrole nitrogens is 1. The summed E-state index contributed by atoms with van der Waals surface area (Å²) in [4.78, 5) is 33.6. The maximum atomic E-state index is 12.9. The van der Waals surface area contributed by atoms with Gasteiger partial charge in [-0.25, -0.2) is 4.79 Å². The van der Waals surface area contributed by atoms with Gasteiger partial charge in [0, 0.05) is 21.6 Å². The topological polar surface area (TPSA) is 87.5 Å². The number of nitrogens with zero attached hydrogens (tertiary/aromatic N) is 2. The van der Waals surface area contributed by atoms with E-state index in [1.165, 1.54) is 0 Å². The van der Waals surface area contributed by atoms with Crippen LogP contribution in [0, 0.1) is 0 Å². The molecule has 0 saturated carbocycles. The number of hydrogen-bond acceptors (Lipinski definition) is 5. The Morgan fingerprint density at radius 3 is 2.47 bits per heavy atom. The third kappa shape index (κ3) is 4.44. The maximum absolute atomic E-state index is 12.9. The van der Waals surface area contributed by atoms with Crippen molar-refractivity contribution in [2.45, 2.75) is 23.1 Å². The first-order valence-corrected chi connectivity index (χ1v) is 11.9. The number of para-hydroxylation sites is 1. The first kappa shape index (κ1) is 22.3. The van der Waals surface area contributed by atoms with Gasteiger partial charge in [0.05, 0.1) is 17.9 Å². The van der Waals surface area contributed by atoms with Gasteiger partial charge in [0.15, 0.2) is 0 Å². The van der Waals surface area contributed by atoms with Crippen LogP contribution in [0.3, 0.4) is 0 Å². The highest BCUT2D eigenvalue weighted by Crippen LogP contribution is 2.45. The lowest BCUT2D eigenvalue weighted by Gasteiger charge is -2.17. The molecule has 1 unspecified atom stereocenters. The smallest absolute Gasteiger partial charge is 0.331 e. The Hall–Kier alpha value is -3.55. The first-order valence-electron chi connectivity index (χ1n) is 10.7. The molecule has 1 aliphatic heterocycles. The Morgan fingerprint density at radius 1 is 1.00 bits per heavy atom. The second-order valence-electron chi connectivity index (χ2n) is 7.92. The summed E-state index contributed by atoms with van der Waals surface area (Å²) in [5.74, 6) is -0.393. The second-order valence-corrected chi connectivity index (χ2v) is 9.60. The minimum atomic E-state index is -0.673. The fourth-order valence-corrected chi connectivity index (χ4v) is 5.32. The van der Waals surface area contributed by atoms with Crippen LogP contribution in [0.5, 0.6) is 5.88 Å². The van der Waals surface area contributed by atoms with Crippen molar-refractivity contribution < 1.29 is 5.11 Å². The number of thioether (sulfide) groups is 1. The predicted octanol–water partition coefficient (Wildman–Crippen LogP) is 5.30. The van der Waals surface area contributed by atoms with Crippen molar-refractivity contribution in [1.82, 2.24) is 9.55 Å². The molecule has 0 fully saturated rings. The van der Waals surface area contributed by atoms with E-state index in [2.05, 4.69) is 4.98 Å². The quantitative estimate of drug-likeness (QED) is 0.407. The summed E-state index contributed by atoms with van der Waals surface area (Å²) < 4.78 is 1.16. The first-order chi connectivity index (χ1) is 16.5. The number of nitrogens with one attached hydrogen (secondary N) is 1. The van der Waals surface area contributed by atoms with Gasteiger partial charge in [-0.3, -0.25) is 19.3 Å². The number of fused-ring (bicyclic) bond motifs is 1. The van der Waals surface area contributed by atoms with Gasteiger partial charge >= 0.3 is 5.69 Å². The average Bonchev–Trinajstić information content (AvgIpc) is 3.02.